The van der Waals surface area contributed by atoms with Gasteiger partial charge in [-0.2, -0.15) is 10.5 Å². The van der Waals surface area contributed by atoms with Gasteiger partial charge < -0.3 is 0 Å². The molecule has 6 heteroatoms. The van der Waals surface area contributed by atoms with Gasteiger partial charge in [0.2, 0.25) is 11.8 Å². The summed E-state index contributed by atoms with van der Waals surface area (Å²) in [6.45, 7) is 0. The first-order valence-corrected chi connectivity index (χ1v) is 6.54. The summed E-state index contributed by atoms with van der Waals surface area (Å²) >= 11 is 3.28. The number of carbonyl (C=O) groups excluding carboxylic acids is 2. The van der Waals surface area contributed by atoms with Gasteiger partial charge in [-0.05, 0) is 12.1 Å². The van der Waals surface area contributed by atoms with Gasteiger partial charge in [-0.15, -0.1) is 0 Å². The van der Waals surface area contributed by atoms with E-state index < -0.39 is 11.8 Å². The molecule has 2 rings (SSSR count). The van der Waals surface area contributed by atoms with Crippen LogP contribution >= 0.6 is 15.9 Å². The smallest absolute Gasteiger partial charge is 0.234 e. The molecule has 5 nitrogen and oxygen atoms in total. The lowest BCUT2D eigenvalue weighted by atomic mass is 10.1. The molecule has 0 unspecified atom stereocenters. The highest BCUT2D eigenvalue weighted by molar-refractivity contribution is 9.10. The molecule has 98 valence electrons. The molecule has 0 bridgehead atoms. The van der Waals surface area contributed by atoms with E-state index in [9.17, 15) is 9.59 Å². The first kappa shape index (κ1) is 14.0. The van der Waals surface area contributed by atoms with Crippen LogP contribution in [0.4, 0.5) is 0 Å². The van der Waals surface area contributed by atoms with Crippen LogP contribution in [0.3, 0.4) is 0 Å². The maximum absolute atomic E-state index is 11.8. The van der Waals surface area contributed by atoms with E-state index >= 15 is 0 Å². The number of benzene rings is 1. The molecule has 1 aliphatic rings. The average Bonchev–Trinajstić information content (AvgIpc) is 2.77. The highest BCUT2D eigenvalue weighted by atomic mass is 79.9. The highest BCUT2D eigenvalue weighted by Gasteiger charge is 2.34. The molecule has 20 heavy (non-hydrogen) atoms. The maximum atomic E-state index is 11.8. The van der Waals surface area contributed by atoms with E-state index in [0.717, 1.165) is 9.37 Å². The molecule has 1 saturated heterocycles. The third-order valence-electron chi connectivity index (χ3n) is 2.85. The molecule has 0 atom stereocenters. The topological polar surface area (TPSA) is 85.0 Å². The number of amides is 2. The Morgan fingerprint density at radius 3 is 2.00 bits per heavy atom. The lowest BCUT2D eigenvalue weighted by Gasteiger charge is -2.18. The number of imide groups is 1. The van der Waals surface area contributed by atoms with Crippen molar-refractivity contribution >= 4 is 33.4 Å². The fraction of sp³-hybridized carbons (Fsp3) is 0.143. The summed E-state index contributed by atoms with van der Waals surface area (Å²) in [4.78, 5) is 24.6. The molecular formula is C14H8BrN3O2. The number of likely N-dealkylation sites (tertiary alicyclic amines) is 1. The van der Waals surface area contributed by atoms with Crippen molar-refractivity contribution < 1.29 is 9.59 Å². The summed E-state index contributed by atoms with van der Waals surface area (Å²) in [7, 11) is 0. The van der Waals surface area contributed by atoms with Crippen LogP contribution in [0.2, 0.25) is 0 Å². The van der Waals surface area contributed by atoms with Gasteiger partial charge in [-0.25, -0.2) is 4.90 Å². The molecule has 0 radical (unpaired) electrons. The third kappa shape index (κ3) is 2.47. The van der Waals surface area contributed by atoms with Gasteiger partial charge in [0.25, 0.3) is 0 Å². The van der Waals surface area contributed by atoms with Crippen LogP contribution in [0.25, 0.3) is 5.70 Å². The van der Waals surface area contributed by atoms with Crippen LogP contribution in [-0.4, -0.2) is 16.7 Å². The van der Waals surface area contributed by atoms with Crippen molar-refractivity contribution in [2.24, 2.45) is 0 Å². The van der Waals surface area contributed by atoms with E-state index in [1.165, 1.54) is 0 Å². The summed E-state index contributed by atoms with van der Waals surface area (Å²) in [5.74, 6) is -0.785. The standard InChI is InChI=1S/C14H8BrN3O2/c15-11-3-1-9(2-4-11)14(10(7-16)8-17)18-12(19)5-6-13(18)20/h1-4H,5-6H2. The van der Waals surface area contributed by atoms with Gasteiger partial charge in [-0.3, -0.25) is 9.59 Å². The molecule has 2 amide bonds. The lowest BCUT2D eigenvalue weighted by molar-refractivity contribution is -0.134. The summed E-state index contributed by atoms with van der Waals surface area (Å²) in [5.41, 5.74) is 0.292. The van der Waals surface area contributed by atoms with Crippen molar-refractivity contribution in [3.05, 3.63) is 39.9 Å². The van der Waals surface area contributed by atoms with Gasteiger partial charge >= 0.3 is 0 Å². The number of nitriles is 2. The minimum absolute atomic E-state index is 0.0648. The zero-order valence-electron chi connectivity index (χ0n) is 10.3. The van der Waals surface area contributed by atoms with Gasteiger partial charge in [0, 0.05) is 22.9 Å². The quantitative estimate of drug-likeness (QED) is 0.615. The molecule has 0 aliphatic carbocycles. The van der Waals surface area contributed by atoms with Crippen LogP contribution < -0.4 is 0 Å². The predicted octanol–water partition coefficient (Wildman–Crippen LogP) is 2.36. The van der Waals surface area contributed by atoms with E-state index in [1.54, 1.807) is 36.4 Å². The first-order chi connectivity index (χ1) is 9.58. The highest BCUT2D eigenvalue weighted by Crippen LogP contribution is 2.29. The van der Waals surface area contributed by atoms with E-state index in [-0.39, 0.29) is 24.1 Å². The van der Waals surface area contributed by atoms with Gasteiger partial charge in [0.1, 0.15) is 12.1 Å². The van der Waals surface area contributed by atoms with E-state index in [4.69, 9.17) is 10.5 Å². The van der Waals surface area contributed by atoms with Crippen molar-refractivity contribution in [1.29, 1.82) is 10.5 Å². The fourth-order valence-corrected chi connectivity index (χ4v) is 2.21. The van der Waals surface area contributed by atoms with Gasteiger partial charge in [0.05, 0.1) is 5.70 Å². The minimum Gasteiger partial charge on any atom is -0.274 e. The minimum atomic E-state index is -0.393. The summed E-state index contributed by atoms with van der Waals surface area (Å²) in [6.07, 6.45) is 0.200. The van der Waals surface area contributed by atoms with Gasteiger partial charge in [0.15, 0.2) is 5.57 Å². The van der Waals surface area contributed by atoms with Crippen LogP contribution in [0.1, 0.15) is 18.4 Å². The summed E-state index contributed by atoms with van der Waals surface area (Å²) < 4.78 is 0.815. The number of hydrogen-bond acceptors (Lipinski definition) is 4. The SMILES string of the molecule is N#CC(C#N)=C(c1ccc(Br)cc1)N1C(=O)CCC1=O. The Kier molecular flexibility index (Phi) is 3.97. The third-order valence-corrected chi connectivity index (χ3v) is 3.38. The normalized spacial score (nSPS) is 13.8. The molecule has 1 heterocycles. The number of rotatable bonds is 2. The van der Waals surface area contributed by atoms with Crippen molar-refractivity contribution in [2.75, 3.05) is 0 Å². The Morgan fingerprint density at radius 1 is 1.05 bits per heavy atom. The number of nitrogens with zero attached hydrogens (tertiary/aromatic N) is 3. The van der Waals surface area contributed by atoms with Crippen LogP contribution in [0.15, 0.2) is 34.3 Å². The first-order valence-electron chi connectivity index (χ1n) is 5.74. The van der Waals surface area contributed by atoms with E-state index in [2.05, 4.69) is 15.9 Å². The zero-order chi connectivity index (χ0) is 14.7. The second kappa shape index (κ2) is 5.68. The zero-order valence-corrected chi connectivity index (χ0v) is 11.8. The Balaban J connectivity index is 2.64. The average molecular weight is 330 g/mol. The molecular weight excluding hydrogens is 322 g/mol. The maximum Gasteiger partial charge on any atom is 0.234 e. The molecule has 0 N–H and O–H groups in total. The number of hydrogen-bond donors (Lipinski definition) is 0. The molecule has 0 saturated carbocycles. The lowest BCUT2D eigenvalue weighted by Crippen LogP contribution is -2.28. The Labute approximate surface area is 123 Å². The number of allylic oxidation sites excluding steroid dienone is 1. The van der Waals surface area contributed by atoms with Crippen LogP contribution in [-0.2, 0) is 9.59 Å². The molecule has 1 aliphatic heterocycles. The predicted molar refractivity (Wildman–Crippen MR) is 73.4 cm³/mol. The largest absolute Gasteiger partial charge is 0.274 e. The van der Waals surface area contributed by atoms with E-state index in [0.29, 0.717) is 5.56 Å². The molecule has 0 spiro atoms. The summed E-state index contributed by atoms with van der Waals surface area (Å²) in [5, 5.41) is 18.1. The molecule has 0 aromatic heterocycles. The second-order valence-electron chi connectivity index (χ2n) is 4.08. The number of carbonyl (C=O) groups is 2. The fourth-order valence-electron chi connectivity index (χ4n) is 1.95. The Bertz CT molecular complexity index is 661. The molecule has 1 aromatic rings. The van der Waals surface area contributed by atoms with Crippen LogP contribution in [0.5, 0.6) is 0 Å². The van der Waals surface area contributed by atoms with Gasteiger partial charge in [-0.1, -0.05) is 28.1 Å². The molecule has 1 aromatic carbocycles. The monoisotopic (exact) mass is 329 g/mol. The Morgan fingerprint density at radius 2 is 1.55 bits per heavy atom. The van der Waals surface area contributed by atoms with Crippen molar-refractivity contribution in [1.82, 2.24) is 4.90 Å². The van der Waals surface area contributed by atoms with Crippen LogP contribution in [0, 0.1) is 22.7 Å². The van der Waals surface area contributed by atoms with Crippen molar-refractivity contribution in [3.63, 3.8) is 0 Å². The second-order valence-corrected chi connectivity index (χ2v) is 4.99. The number of halogens is 1. The van der Waals surface area contributed by atoms with E-state index in [1.807, 2.05) is 0 Å². The summed E-state index contributed by atoms with van der Waals surface area (Å²) in [6, 6.07) is 10.2. The molecule has 1 fully saturated rings. The van der Waals surface area contributed by atoms with Crippen molar-refractivity contribution in [3.8, 4) is 12.1 Å². The van der Waals surface area contributed by atoms with Crippen molar-refractivity contribution in [2.45, 2.75) is 12.8 Å². The Hall–Kier alpha value is -2.44.